The fourth-order valence-electron chi connectivity index (χ4n) is 1.97. The van der Waals surface area contributed by atoms with E-state index >= 15 is 0 Å². The van der Waals surface area contributed by atoms with E-state index in [1.54, 1.807) is 12.1 Å². The minimum Gasteiger partial charge on any atom is -0.462 e. The van der Waals surface area contributed by atoms with E-state index in [9.17, 15) is 14.4 Å². The van der Waals surface area contributed by atoms with Gasteiger partial charge in [-0.2, -0.15) is 0 Å². The maximum absolute atomic E-state index is 11.8. The topological polar surface area (TPSA) is 87.7 Å². The lowest BCUT2D eigenvalue weighted by atomic mass is 10.1. The second-order valence-corrected chi connectivity index (χ2v) is 4.61. The molecule has 1 heterocycles. The molecule has 22 heavy (non-hydrogen) atoms. The highest BCUT2D eigenvalue weighted by molar-refractivity contribution is 5.97. The van der Waals surface area contributed by atoms with Gasteiger partial charge in [0.05, 0.1) is 12.1 Å². The van der Waals surface area contributed by atoms with Gasteiger partial charge in [-0.15, -0.1) is 0 Å². The van der Waals surface area contributed by atoms with E-state index in [0.717, 1.165) is 0 Å². The molecule has 1 aromatic heterocycles. The highest BCUT2D eigenvalue weighted by Gasteiger charge is 2.14. The zero-order valence-corrected chi connectivity index (χ0v) is 12.5. The molecule has 2 aromatic rings. The lowest BCUT2D eigenvalue weighted by Crippen LogP contribution is -2.22. The summed E-state index contributed by atoms with van der Waals surface area (Å²) in [6.45, 7) is 4.00. The third-order valence-corrected chi connectivity index (χ3v) is 3.06. The lowest BCUT2D eigenvalue weighted by Gasteiger charge is -2.05. The molecule has 1 aromatic carbocycles. The minimum absolute atomic E-state index is 0.131. The van der Waals surface area contributed by atoms with Gasteiger partial charge in [-0.05, 0) is 32.0 Å². The summed E-state index contributed by atoms with van der Waals surface area (Å²) in [7, 11) is 0. The van der Waals surface area contributed by atoms with Crippen LogP contribution in [0.15, 0.2) is 27.4 Å². The highest BCUT2D eigenvalue weighted by atomic mass is 16.6. The third kappa shape index (κ3) is 3.62. The number of carbonyl (C=O) groups is 2. The number of hydrogen-bond donors (Lipinski definition) is 0. The van der Waals surface area contributed by atoms with Crippen LogP contribution in [0.4, 0.5) is 0 Å². The number of hydrogen-bond acceptors (Lipinski definition) is 6. The summed E-state index contributed by atoms with van der Waals surface area (Å²) in [6.07, 6.45) is 0. The van der Waals surface area contributed by atoms with Crippen molar-refractivity contribution >= 4 is 22.9 Å². The first-order chi connectivity index (χ1) is 10.5. The van der Waals surface area contributed by atoms with Crippen LogP contribution >= 0.6 is 0 Å². The minimum atomic E-state index is -0.669. The van der Waals surface area contributed by atoms with E-state index in [-0.39, 0.29) is 24.5 Å². The van der Waals surface area contributed by atoms with E-state index in [4.69, 9.17) is 13.9 Å². The van der Waals surface area contributed by atoms with Crippen molar-refractivity contribution in [3.63, 3.8) is 0 Å². The van der Waals surface area contributed by atoms with Crippen LogP contribution in [0, 0.1) is 0 Å². The van der Waals surface area contributed by atoms with Crippen molar-refractivity contribution in [1.82, 2.24) is 4.57 Å². The predicted octanol–water partition coefficient (Wildman–Crippen LogP) is 1.38. The van der Waals surface area contributed by atoms with Crippen molar-refractivity contribution < 1.29 is 23.5 Å². The quantitative estimate of drug-likeness (QED) is 0.436. The number of carbonyl (C=O) groups excluding carboxylic acids is 2. The molecule has 0 aliphatic rings. The molecule has 0 spiro atoms. The largest absolute Gasteiger partial charge is 0.462 e. The van der Waals surface area contributed by atoms with Crippen molar-refractivity contribution in [2.45, 2.75) is 20.4 Å². The molecule has 2 rings (SSSR count). The van der Waals surface area contributed by atoms with Crippen molar-refractivity contribution in [1.29, 1.82) is 0 Å². The first-order valence-electron chi connectivity index (χ1n) is 6.90. The van der Waals surface area contributed by atoms with Crippen LogP contribution in [0.25, 0.3) is 11.1 Å². The smallest absolute Gasteiger partial charge is 0.420 e. The molecule has 0 fully saturated rings. The molecule has 0 unspecified atom stereocenters. The lowest BCUT2D eigenvalue weighted by molar-refractivity contribution is -0.145. The van der Waals surface area contributed by atoms with Crippen molar-refractivity contribution in [2.75, 3.05) is 19.8 Å². The molecule has 0 amide bonds. The summed E-state index contributed by atoms with van der Waals surface area (Å²) in [5.74, 6) is -1.36. The number of oxazole rings is 1. The van der Waals surface area contributed by atoms with Gasteiger partial charge in [-0.1, -0.05) is 0 Å². The number of ether oxygens (including phenoxy) is 2. The van der Waals surface area contributed by atoms with E-state index in [0.29, 0.717) is 24.3 Å². The molecular formula is C15H17NO6. The van der Waals surface area contributed by atoms with Crippen LogP contribution in [0.2, 0.25) is 0 Å². The van der Waals surface area contributed by atoms with Gasteiger partial charge in [0.1, 0.15) is 13.2 Å². The summed E-state index contributed by atoms with van der Waals surface area (Å²) in [4.78, 5) is 34.8. The Kier molecular flexibility index (Phi) is 5.11. The van der Waals surface area contributed by atoms with Gasteiger partial charge in [0.25, 0.3) is 0 Å². The molecule has 0 saturated carbocycles. The van der Waals surface area contributed by atoms with Crippen LogP contribution in [0.5, 0.6) is 0 Å². The Morgan fingerprint density at radius 2 is 2.05 bits per heavy atom. The first kappa shape index (κ1) is 16.0. The van der Waals surface area contributed by atoms with Gasteiger partial charge in [0.15, 0.2) is 11.4 Å². The molecule has 7 nitrogen and oxygen atoms in total. The average Bonchev–Trinajstić information content (AvgIpc) is 2.79. The summed E-state index contributed by atoms with van der Waals surface area (Å²) in [5, 5.41) is 0. The molecule has 0 aliphatic heterocycles. The summed E-state index contributed by atoms with van der Waals surface area (Å²) < 4.78 is 16.2. The van der Waals surface area contributed by atoms with Gasteiger partial charge >= 0.3 is 11.7 Å². The van der Waals surface area contributed by atoms with Gasteiger partial charge in [-0.25, -0.2) is 4.79 Å². The zero-order valence-electron chi connectivity index (χ0n) is 12.5. The molecule has 7 heteroatoms. The molecular weight excluding hydrogens is 290 g/mol. The molecule has 0 radical (unpaired) electrons. The summed E-state index contributed by atoms with van der Waals surface area (Å²) in [5.41, 5.74) is 1.14. The number of Topliss-reactive ketones (excluding diaryl/α,β-unsaturated/α-hetero) is 1. The van der Waals surface area contributed by atoms with Crippen LogP contribution in [0.3, 0.4) is 0 Å². The first-order valence-corrected chi connectivity index (χ1v) is 6.90. The second-order valence-electron chi connectivity index (χ2n) is 4.61. The van der Waals surface area contributed by atoms with Crippen molar-refractivity contribution in [2.24, 2.45) is 0 Å². The normalized spacial score (nSPS) is 10.8. The Hall–Kier alpha value is -2.41. The third-order valence-electron chi connectivity index (χ3n) is 3.06. The van der Waals surface area contributed by atoms with Gasteiger partial charge in [-0.3, -0.25) is 14.2 Å². The Balaban J connectivity index is 2.14. The van der Waals surface area contributed by atoms with E-state index in [2.05, 4.69) is 0 Å². The van der Waals surface area contributed by atoms with Crippen LogP contribution in [-0.2, 0) is 20.8 Å². The number of benzene rings is 1. The van der Waals surface area contributed by atoms with Crippen molar-refractivity contribution in [3.8, 4) is 0 Å². The van der Waals surface area contributed by atoms with E-state index < -0.39 is 11.7 Å². The Labute approximate surface area is 126 Å². The number of nitrogens with zero attached hydrogens (tertiary/aromatic N) is 1. The number of aromatic nitrogens is 1. The van der Waals surface area contributed by atoms with Gasteiger partial charge in [0, 0.05) is 12.2 Å². The maximum Gasteiger partial charge on any atom is 0.420 e. The SMILES string of the molecule is CCOCCOC(=O)Cn1c(=O)oc2cc(C(C)=O)ccc21. The standard InChI is InChI=1S/C15H17NO6/c1-3-20-6-7-21-14(18)9-16-12-5-4-11(10(2)17)8-13(12)22-15(16)19/h4-5,8H,3,6-7,9H2,1-2H3. The van der Waals surface area contributed by atoms with Crippen molar-refractivity contribution in [3.05, 3.63) is 34.3 Å². The molecule has 0 atom stereocenters. The number of fused-ring (bicyclic) bond motifs is 1. The van der Waals surface area contributed by atoms with E-state index in [1.807, 2.05) is 6.92 Å². The summed E-state index contributed by atoms with van der Waals surface area (Å²) in [6, 6.07) is 4.64. The monoisotopic (exact) mass is 307 g/mol. The summed E-state index contributed by atoms with van der Waals surface area (Å²) >= 11 is 0. The van der Waals surface area contributed by atoms with Crippen LogP contribution < -0.4 is 5.76 Å². The van der Waals surface area contributed by atoms with Gasteiger partial charge < -0.3 is 13.9 Å². The predicted molar refractivity (Wildman–Crippen MR) is 77.9 cm³/mol. The Morgan fingerprint density at radius 1 is 1.27 bits per heavy atom. The highest BCUT2D eigenvalue weighted by Crippen LogP contribution is 2.15. The fourth-order valence-corrected chi connectivity index (χ4v) is 1.97. The Morgan fingerprint density at radius 3 is 2.73 bits per heavy atom. The molecule has 0 saturated heterocycles. The number of esters is 1. The number of ketones is 1. The second kappa shape index (κ2) is 7.04. The van der Waals surface area contributed by atoms with Crippen LogP contribution in [-0.4, -0.2) is 36.1 Å². The molecule has 0 N–H and O–H groups in total. The molecule has 0 bridgehead atoms. The molecule has 118 valence electrons. The van der Waals surface area contributed by atoms with Crippen LogP contribution in [0.1, 0.15) is 24.2 Å². The number of rotatable bonds is 7. The average molecular weight is 307 g/mol. The Bertz CT molecular complexity index is 742. The van der Waals surface area contributed by atoms with E-state index in [1.165, 1.54) is 17.6 Å². The van der Waals surface area contributed by atoms with Gasteiger partial charge in [0.2, 0.25) is 0 Å². The zero-order chi connectivity index (χ0) is 16.1. The molecule has 0 aliphatic carbocycles. The fraction of sp³-hybridized carbons (Fsp3) is 0.400. The maximum atomic E-state index is 11.8.